The molecule has 0 aromatic heterocycles. The number of fused-ring (bicyclic) bond motifs is 5. The second-order valence-electron chi connectivity index (χ2n) is 11.9. The van der Waals surface area contributed by atoms with E-state index in [1.54, 1.807) is 0 Å². The first-order valence-corrected chi connectivity index (χ1v) is 12.8. The summed E-state index contributed by atoms with van der Waals surface area (Å²) in [4.78, 5) is 12.0. The second-order valence-corrected chi connectivity index (χ2v) is 11.9. The molecule has 0 saturated heterocycles. The normalized spacial score (nSPS) is 46.4. The van der Waals surface area contributed by atoms with Crippen LogP contribution in [0.1, 0.15) is 91.4 Å². The van der Waals surface area contributed by atoms with Gasteiger partial charge in [0, 0.05) is 13.0 Å². The van der Waals surface area contributed by atoms with Crippen molar-refractivity contribution in [1.82, 2.24) is 5.32 Å². The molecule has 4 rings (SSSR count). The Bertz CT molecular complexity index is 623. The van der Waals surface area contributed by atoms with Gasteiger partial charge in [-0.2, -0.15) is 0 Å². The maximum Gasteiger partial charge on any atom is 0.220 e. The zero-order valence-corrected chi connectivity index (χ0v) is 19.5. The topological polar surface area (TPSA) is 69.6 Å². The molecule has 4 saturated carbocycles. The van der Waals surface area contributed by atoms with Gasteiger partial charge in [-0.15, -0.1) is 0 Å². The average molecular weight is 420 g/mol. The Hall–Kier alpha value is -0.610. The van der Waals surface area contributed by atoms with Gasteiger partial charge in [-0.3, -0.25) is 4.79 Å². The maximum absolute atomic E-state index is 12.0. The number of aliphatic hydroxyl groups excluding tert-OH is 2. The zero-order valence-electron chi connectivity index (χ0n) is 19.5. The quantitative estimate of drug-likeness (QED) is 0.592. The highest BCUT2D eigenvalue weighted by molar-refractivity contribution is 5.75. The summed E-state index contributed by atoms with van der Waals surface area (Å²) < 4.78 is 0. The van der Waals surface area contributed by atoms with E-state index >= 15 is 0 Å². The van der Waals surface area contributed by atoms with E-state index in [0.29, 0.717) is 29.7 Å². The molecule has 0 unspecified atom stereocenters. The van der Waals surface area contributed by atoms with Crippen LogP contribution in [0, 0.1) is 46.3 Å². The van der Waals surface area contributed by atoms with Crippen molar-refractivity contribution < 1.29 is 15.0 Å². The number of carbonyl (C=O) groups is 1. The van der Waals surface area contributed by atoms with Gasteiger partial charge in [0.2, 0.25) is 5.91 Å². The molecule has 0 spiro atoms. The molecule has 0 aliphatic heterocycles. The van der Waals surface area contributed by atoms with Gasteiger partial charge in [0.25, 0.3) is 0 Å². The number of aliphatic hydroxyl groups is 2. The van der Waals surface area contributed by atoms with Gasteiger partial charge in [0.1, 0.15) is 0 Å². The fourth-order valence-corrected chi connectivity index (χ4v) is 9.05. The molecule has 4 fully saturated rings. The molecule has 172 valence electrons. The SMILES string of the molecule is C[C@@H](CCC(=O)NCCO)[C@H]1CC[C@H]2[C@@H]3CC[C@@H]4C[C@H](O)CC[C@]4(C)[C@H]3CC[C@]12C. The van der Waals surface area contributed by atoms with Gasteiger partial charge in [-0.1, -0.05) is 20.8 Å². The van der Waals surface area contributed by atoms with Crippen LogP contribution in [0.2, 0.25) is 0 Å². The summed E-state index contributed by atoms with van der Waals surface area (Å²) in [5.74, 6) is 4.76. The van der Waals surface area contributed by atoms with Crippen molar-refractivity contribution in [2.24, 2.45) is 46.3 Å². The number of hydrogen-bond donors (Lipinski definition) is 3. The van der Waals surface area contributed by atoms with Crippen molar-refractivity contribution in [2.75, 3.05) is 13.2 Å². The molecule has 1 amide bonds. The van der Waals surface area contributed by atoms with Gasteiger partial charge in [-0.25, -0.2) is 0 Å². The molecule has 0 aromatic carbocycles. The lowest BCUT2D eigenvalue weighted by molar-refractivity contribution is -0.129. The number of carbonyl (C=O) groups excluding carboxylic acids is 1. The first-order valence-electron chi connectivity index (χ1n) is 12.8. The summed E-state index contributed by atoms with van der Waals surface area (Å²) in [6.45, 7) is 7.93. The van der Waals surface area contributed by atoms with E-state index < -0.39 is 0 Å². The smallest absolute Gasteiger partial charge is 0.220 e. The molecule has 30 heavy (non-hydrogen) atoms. The standard InChI is InChI=1S/C26H45NO3/c1-17(4-9-24(30)27-14-15-28)21-7-8-22-20-6-5-18-16-19(29)10-12-25(18,2)23(20)11-13-26(21,22)3/h17-23,28-29H,4-16H2,1-3H3,(H,27,30)/t17-,18+,19+,20-,21+,22-,23-,25-,26+/m0/s1. The molecule has 0 radical (unpaired) electrons. The molecule has 4 heteroatoms. The van der Waals surface area contributed by atoms with E-state index in [1.807, 2.05) is 0 Å². The summed E-state index contributed by atoms with van der Waals surface area (Å²) in [5, 5.41) is 21.9. The molecule has 4 nitrogen and oxygen atoms in total. The predicted molar refractivity (Wildman–Crippen MR) is 120 cm³/mol. The van der Waals surface area contributed by atoms with E-state index in [9.17, 15) is 9.90 Å². The number of amides is 1. The lowest BCUT2D eigenvalue weighted by atomic mass is 9.44. The summed E-state index contributed by atoms with van der Waals surface area (Å²) in [6, 6.07) is 0. The van der Waals surface area contributed by atoms with Crippen LogP contribution in [0.15, 0.2) is 0 Å². The number of hydrogen-bond acceptors (Lipinski definition) is 3. The third kappa shape index (κ3) is 3.85. The van der Waals surface area contributed by atoms with Gasteiger partial charge in [-0.05, 0) is 111 Å². The van der Waals surface area contributed by atoms with Crippen LogP contribution < -0.4 is 5.32 Å². The van der Waals surface area contributed by atoms with Gasteiger partial charge in [0.05, 0.1) is 12.7 Å². The second kappa shape index (κ2) is 8.73. The summed E-state index contributed by atoms with van der Waals surface area (Å²) in [6.07, 6.45) is 12.9. The fourth-order valence-electron chi connectivity index (χ4n) is 9.05. The molecule has 0 aromatic rings. The molecular formula is C26H45NO3. The fraction of sp³-hybridized carbons (Fsp3) is 0.962. The molecule has 4 aliphatic rings. The van der Waals surface area contributed by atoms with Crippen molar-refractivity contribution >= 4 is 5.91 Å². The molecule has 9 atom stereocenters. The van der Waals surface area contributed by atoms with E-state index in [0.717, 1.165) is 48.9 Å². The van der Waals surface area contributed by atoms with Crippen LogP contribution in [0.5, 0.6) is 0 Å². The minimum atomic E-state index is -0.0558. The maximum atomic E-state index is 12.0. The molecule has 4 aliphatic carbocycles. The van der Waals surface area contributed by atoms with Crippen molar-refractivity contribution in [3.8, 4) is 0 Å². The summed E-state index contributed by atoms with van der Waals surface area (Å²) >= 11 is 0. The van der Waals surface area contributed by atoms with E-state index in [4.69, 9.17) is 5.11 Å². The van der Waals surface area contributed by atoms with Crippen molar-refractivity contribution in [2.45, 2.75) is 97.5 Å². The van der Waals surface area contributed by atoms with Crippen molar-refractivity contribution in [3.05, 3.63) is 0 Å². The monoisotopic (exact) mass is 419 g/mol. The zero-order chi connectivity index (χ0) is 21.5. The first kappa shape index (κ1) is 22.6. The van der Waals surface area contributed by atoms with Crippen molar-refractivity contribution in [3.63, 3.8) is 0 Å². The Balaban J connectivity index is 1.42. The average Bonchev–Trinajstić information content (AvgIpc) is 3.08. The highest BCUT2D eigenvalue weighted by Crippen LogP contribution is 2.68. The summed E-state index contributed by atoms with van der Waals surface area (Å²) in [7, 11) is 0. The Labute approximate surface area is 183 Å². The van der Waals surface area contributed by atoms with Gasteiger partial charge < -0.3 is 15.5 Å². The van der Waals surface area contributed by atoms with Crippen LogP contribution in [0.4, 0.5) is 0 Å². The third-order valence-electron chi connectivity index (χ3n) is 10.7. The first-order chi connectivity index (χ1) is 14.3. The molecule has 0 heterocycles. The lowest BCUT2D eigenvalue weighted by Crippen LogP contribution is -2.54. The molecule has 0 bridgehead atoms. The minimum absolute atomic E-state index is 0.0188. The third-order valence-corrected chi connectivity index (χ3v) is 10.7. The highest BCUT2D eigenvalue weighted by Gasteiger charge is 2.60. The largest absolute Gasteiger partial charge is 0.395 e. The summed E-state index contributed by atoms with van der Waals surface area (Å²) in [5.41, 5.74) is 0.900. The number of nitrogens with one attached hydrogen (secondary N) is 1. The number of rotatable bonds is 6. The van der Waals surface area contributed by atoms with E-state index in [1.165, 1.54) is 44.9 Å². The Morgan fingerprint density at radius 3 is 2.53 bits per heavy atom. The van der Waals surface area contributed by atoms with Crippen LogP contribution >= 0.6 is 0 Å². The van der Waals surface area contributed by atoms with E-state index in [2.05, 4.69) is 26.1 Å². The Morgan fingerprint density at radius 2 is 1.77 bits per heavy atom. The van der Waals surface area contributed by atoms with Crippen LogP contribution in [0.25, 0.3) is 0 Å². The van der Waals surface area contributed by atoms with Gasteiger partial charge >= 0.3 is 0 Å². The lowest BCUT2D eigenvalue weighted by Gasteiger charge is -2.61. The highest BCUT2D eigenvalue weighted by atomic mass is 16.3. The van der Waals surface area contributed by atoms with Crippen LogP contribution in [-0.2, 0) is 4.79 Å². The van der Waals surface area contributed by atoms with Crippen molar-refractivity contribution in [1.29, 1.82) is 0 Å². The Kier molecular flexibility index (Phi) is 6.57. The van der Waals surface area contributed by atoms with Crippen LogP contribution in [0.3, 0.4) is 0 Å². The Morgan fingerprint density at radius 1 is 1.03 bits per heavy atom. The molecular weight excluding hydrogens is 374 g/mol. The van der Waals surface area contributed by atoms with Gasteiger partial charge in [0.15, 0.2) is 0 Å². The molecule has 3 N–H and O–H groups in total. The minimum Gasteiger partial charge on any atom is -0.395 e. The van der Waals surface area contributed by atoms with Crippen LogP contribution in [-0.4, -0.2) is 35.4 Å². The van der Waals surface area contributed by atoms with E-state index in [-0.39, 0.29) is 18.6 Å². The predicted octanol–water partition coefficient (Wildman–Crippen LogP) is 4.53.